The van der Waals surface area contributed by atoms with Gasteiger partial charge in [-0.15, -0.1) is 0 Å². The van der Waals surface area contributed by atoms with Crippen LogP contribution in [0.2, 0.25) is 0 Å². The van der Waals surface area contributed by atoms with Crippen molar-refractivity contribution in [2.24, 2.45) is 5.92 Å². The first-order valence-electron chi connectivity index (χ1n) is 9.21. The molecule has 5 nitrogen and oxygen atoms in total. The van der Waals surface area contributed by atoms with Crippen LogP contribution in [0.15, 0.2) is 60.8 Å². The first-order valence-corrected chi connectivity index (χ1v) is 9.21. The van der Waals surface area contributed by atoms with Crippen molar-refractivity contribution in [1.29, 1.82) is 0 Å². The van der Waals surface area contributed by atoms with Crippen molar-refractivity contribution in [3.8, 4) is 11.3 Å². The Hall–Kier alpha value is -2.92. The number of nitrogens with zero attached hydrogens (tertiary/aromatic N) is 3. The van der Waals surface area contributed by atoms with Crippen LogP contribution in [0.4, 0.5) is 0 Å². The summed E-state index contributed by atoms with van der Waals surface area (Å²) < 4.78 is 1.98. The maximum atomic E-state index is 11.1. The minimum Gasteiger partial charge on any atom is -0.481 e. The van der Waals surface area contributed by atoms with Gasteiger partial charge in [-0.05, 0) is 18.6 Å². The third-order valence-electron chi connectivity index (χ3n) is 5.02. The van der Waals surface area contributed by atoms with Gasteiger partial charge < -0.3 is 5.11 Å². The van der Waals surface area contributed by atoms with Crippen LogP contribution in [0, 0.1) is 12.8 Å². The van der Waals surface area contributed by atoms with Crippen LogP contribution in [0.1, 0.15) is 16.7 Å². The normalized spacial score (nSPS) is 14.9. The van der Waals surface area contributed by atoms with E-state index in [0.717, 1.165) is 29.9 Å². The Morgan fingerprint density at radius 2 is 1.89 bits per heavy atom. The molecule has 2 heterocycles. The van der Waals surface area contributed by atoms with Gasteiger partial charge >= 0.3 is 5.97 Å². The average molecular weight is 361 g/mol. The Bertz CT molecular complexity index is 943. The SMILES string of the molecule is Cc1cccc(-c2nn(Cc3ccccc3)cc2CN2CC(C(=O)O)C2)c1. The number of hydrogen-bond acceptors (Lipinski definition) is 3. The summed E-state index contributed by atoms with van der Waals surface area (Å²) in [5, 5.41) is 14.0. The fourth-order valence-corrected chi connectivity index (χ4v) is 3.56. The second kappa shape index (κ2) is 7.37. The number of aryl methyl sites for hydroxylation is 1. The number of rotatable bonds is 6. The third-order valence-corrected chi connectivity index (χ3v) is 5.02. The van der Waals surface area contributed by atoms with Crippen LogP contribution < -0.4 is 0 Å². The Labute approximate surface area is 158 Å². The summed E-state index contributed by atoms with van der Waals surface area (Å²) in [6, 6.07) is 18.6. The monoisotopic (exact) mass is 361 g/mol. The van der Waals surface area contributed by atoms with Crippen molar-refractivity contribution in [2.75, 3.05) is 13.1 Å². The molecule has 0 radical (unpaired) electrons. The molecule has 0 unspecified atom stereocenters. The highest BCUT2D eigenvalue weighted by atomic mass is 16.4. The topological polar surface area (TPSA) is 58.4 Å². The molecule has 4 rings (SSSR count). The lowest BCUT2D eigenvalue weighted by Crippen LogP contribution is -2.49. The van der Waals surface area contributed by atoms with E-state index >= 15 is 0 Å². The summed E-state index contributed by atoms with van der Waals surface area (Å²) in [6.07, 6.45) is 2.10. The molecular formula is C22H23N3O2. The molecule has 2 aromatic carbocycles. The quantitative estimate of drug-likeness (QED) is 0.731. The molecule has 0 atom stereocenters. The smallest absolute Gasteiger partial charge is 0.309 e. The number of carboxylic acid groups (broad SMARTS) is 1. The molecule has 5 heteroatoms. The molecule has 0 aliphatic carbocycles. The van der Waals surface area contributed by atoms with Crippen molar-refractivity contribution < 1.29 is 9.90 Å². The predicted molar refractivity (Wildman–Crippen MR) is 104 cm³/mol. The van der Waals surface area contributed by atoms with Crippen molar-refractivity contribution in [3.63, 3.8) is 0 Å². The van der Waals surface area contributed by atoms with Gasteiger partial charge in [-0.2, -0.15) is 5.10 Å². The minimum atomic E-state index is -0.704. The lowest BCUT2D eigenvalue weighted by atomic mass is 9.99. The average Bonchev–Trinajstić information content (AvgIpc) is 3.00. The van der Waals surface area contributed by atoms with E-state index in [1.807, 2.05) is 22.9 Å². The zero-order chi connectivity index (χ0) is 18.8. The van der Waals surface area contributed by atoms with E-state index < -0.39 is 5.97 Å². The summed E-state index contributed by atoms with van der Waals surface area (Å²) >= 11 is 0. The number of aliphatic carboxylic acids is 1. The van der Waals surface area contributed by atoms with Gasteiger partial charge in [0.1, 0.15) is 0 Å². The third kappa shape index (κ3) is 3.93. The fourth-order valence-electron chi connectivity index (χ4n) is 3.56. The summed E-state index contributed by atoms with van der Waals surface area (Å²) in [7, 11) is 0. The number of hydrogen-bond donors (Lipinski definition) is 1. The van der Waals surface area contributed by atoms with Crippen molar-refractivity contribution in [1.82, 2.24) is 14.7 Å². The Morgan fingerprint density at radius 1 is 1.11 bits per heavy atom. The van der Waals surface area contributed by atoms with E-state index in [2.05, 4.69) is 54.4 Å². The van der Waals surface area contributed by atoms with E-state index in [1.54, 1.807) is 0 Å². The predicted octanol–water partition coefficient (Wildman–Crippen LogP) is 3.42. The second-order valence-corrected chi connectivity index (χ2v) is 7.28. The number of aromatic nitrogens is 2. The Balaban J connectivity index is 1.60. The molecule has 0 saturated carbocycles. The van der Waals surface area contributed by atoms with Crippen LogP contribution in [0.3, 0.4) is 0 Å². The molecule has 1 N–H and O–H groups in total. The molecule has 0 spiro atoms. The molecule has 1 aliphatic heterocycles. The van der Waals surface area contributed by atoms with E-state index in [0.29, 0.717) is 13.1 Å². The largest absolute Gasteiger partial charge is 0.481 e. The number of carbonyl (C=O) groups is 1. The highest BCUT2D eigenvalue weighted by Crippen LogP contribution is 2.27. The number of likely N-dealkylation sites (tertiary alicyclic amines) is 1. The van der Waals surface area contributed by atoms with E-state index in [9.17, 15) is 4.79 Å². The first kappa shape index (κ1) is 17.5. The fraction of sp³-hybridized carbons (Fsp3) is 0.273. The van der Waals surface area contributed by atoms with Gasteiger partial charge in [-0.1, -0.05) is 54.1 Å². The minimum absolute atomic E-state index is 0.244. The Kier molecular flexibility index (Phi) is 4.77. The first-order chi connectivity index (χ1) is 13.1. The molecule has 0 amide bonds. The van der Waals surface area contributed by atoms with Crippen molar-refractivity contribution in [2.45, 2.75) is 20.0 Å². The number of benzene rings is 2. The summed E-state index contributed by atoms with van der Waals surface area (Å²) in [5.41, 5.74) is 5.63. The van der Waals surface area contributed by atoms with Crippen LogP contribution in [-0.4, -0.2) is 38.8 Å². The van der Waals surface area contributed by atoms with Gasteiger partial charge in [0, 0.05) is 37.0 Å². The van der Waals surface area contributed by atoms with Gasteiger partial charge in [0.05, 0.1) is 18.2 Å². The van der Waals surface area contributed by atoms with Crippen molar-refractivity contribution in [3.05, 3.63) is 77.5 Å². The van der Waals surface area contributed by atoms with Gasteiger partial charge in [0.15, 0.2) is 0 Å². The highest BCUT2D eigenvalue weighted by Gasteiger charge is 2.33. The van der Waals surface area contributed by atoms with Gasteiger partial charge in [-0.3, -0.25) is 14.4 Å². The van der Waals surface area contributed by atoms with Gasteiger partial charge in [0.2, 0.25) is 0 Å². The summed E-state index contributed by atoms with van der Waals surface area (Å²) in [6.45, 7) is 4.73. The molecule has 1 aliphatic rings. The molecule has 3 aromatic rings. The standard InChI is InChI=1S/C22H23N3O2/c1-16-6-5-9-18(10-16)21-19(12-24-13-20(14-24)22(26)27)15-25(23-21)11-17-7-3-2-4-8-17/h2-10,15,20H,11-14H2,1H3,(H,26,27). The molecule has 1 aromatic heterocycles. The molecule has 138 valence electrons. The molecule has 0 bridgehead atoms. The highest BCUT2D eigenvalue weighted by molar-refractivity contribution is 5.71. The van der Waals surface area contributed by atoms with Crippen LogP contribution in [0.5, 0.6) is 0 Å². The summed E-state index contributed by atoms with van der Waals surface area (Å²) in [4.78, 5) is 13.2. The second-order valence-electron chi connectivity index (χ2n) is 7.28. The van der Waals surface area contributed by atoms with E-state index in [4.69, 9.17) is 10.2 Å². The van der Waals surface area contributed by atoms with Gasteiger partial charge in [-0.25, -0.2) is 0 Å². The van der Waals surface area contributed by atoms with Crippen LogP contribution in [0.25, 0.3) is 11.3 Å². The lowest BCUT2D eigenvalue weighted by molar-refractivity contribution is -0.147. The zero-order valence-electron chi connectivity index (χ0n) is 15.4. The van der Waals surface area contributed by atoms with Crippen molar-refractivity contribution >= 4 is 5.97 Å². The molecule has 1 fully saturated rings. The maximum Gasteiger partial charge on any atom is 0.309 e. The number of carboxylic acids is 1. The molecule has 27 heavy (non-hydrogen) atoms. The van der Waals surface area contributed by atoms with E-state index in [-0.39, 0.29) is 5.92 Å². The Morgan fingerprint density at radius 3 is 2.59 bits per heavy atom. The maximum absolute atomic E-state index is 11.1. The van der Waals surface area contributed by atoms with Crippen LogP contribution >= 0.6 is 0 Å². The summed E-state index contributed by atoms with van der Waals surface area (Å²) in [5.74, 6) is -0.947. The van der Waals surface area contributed by atoms with E-state index in [1.165, 1.54) is 11.1 Å². The zero-order valence-corrected chi connectivity index (χ0v) is 15.4. The van der Waals surface area contributed by atoms with Crippen LogP contribution in [-0.2, 0) is 17.9 Å². The molecule has 1 saturated heterocycles. The molecular weight excluding hydrogens is 338 g/mol. The lowest BCUT2D eigenvalue weighted by Gasteiger charge is -2.36. The van der Waals surface area contributed by atoms with Gasteiger partial charge in [0.25, 0.3) is 0 Å².